The molecule has 0 aliphatic carbocycles. The highest BCUT2D eigenvalue weighted by Gasteiger charge is 2.33. The first-order valence-electron chi connectivity index (χ1n) is 11.9. The molecule has 3 aromatic rings. The Bertz CT molecular complexity index is 1340. The zero-order chi connectivity index (χ0) is 29.1. The molecule has 0 bridgehead atoms. The number of amides is 4. The molecule has 212 valence electrons. The molecular weight excluding hydrogens is 555 g/mol. The fraction of sp³-hybridized carbons (Fsp3) is 0.231. The van der Waals surface area contributed by atoms with Crippen molar-refractivity contribution < 1.29 is 37.5 Å². The second-order valence-corrected chi connectivity index (χ2v) is 8.78. The van der Waals surface area contributed by atoms with E-state index in [1.54, 1.807) is 23.7 Å². The third kappa shape index (κ3) is 9.43. The van der Waals surface area contributed by atoms with Crippen LogP contribution in [0.25, 0.3) is 0 Å². The summed E-state index contributed by atoms with van der Waals surface area (Å²) in [5.74, 6) is -0.117. The van der Waals surface area contributed by atoms with E-state index in [-0.39, 0.29) is 17.8 Å². The van der Waals surface area contributed by atoms with E-state index in [0.29, 0.717) is 43.0 Å². The molecule has 0 radical (unpaired) electrons. The van der Waals surface area contributed by atoms with Crippen LogP contribution in [0.2, 0.25) is 5.02 Å². The van der Waals surface area contributed by atoms with Crippen molar-refractivity contribution in [2.24, 2.45) is 0 Å². The molecule has 0 spiro atoms. The van der Waals surface area contributed by atoms with E-state index >= 15 is 0 Å². The molecule has 40 heavy (non-hydrogen) atoms. The van der Waals surface area contributed by atoms with Gasteiger partial charge in [0.2, 0.25) is 5.91 Å². The number of alkyl halides is 3. The first kappa shape index (κ1) is 30.2. The molecule has 14 heteroatoms. The maximum atomic E-state index is 13.0. The van der Waals surface area contributed by atoms with E-state index in [4.69, 9.17) is 21.5 Å². The summed E-state index contributed by atoms with van der Waals surface area (Å²) in [6.07, 6.45) is -1.13. The number of rotatable bonds is 11. The van der Waals surface area contributed by atoms with Crippen molar-refractivity contribution in [2.75, 3.05) is 17.2 Å². The maximum absolute atomic E-state index is 13.0. The van der Waals surface area contributed by atoms with Gasteiger partial charge in [-0.15, -0.1) is 0 Å². The van der Waals surface area contributed by atoms with E-state index in [0.717, 1.165) is 12.1 Å². The highest BCUT2D eigenvalue weighted by Crippen LogP contribution is 2.36. The topological polar surface area (TPSA) is 142 Å². The van der Waals surface area contributed by atoms with Gasteiger partial charge in [-0.3, -0.25) is 19.8 Å². The number of nitrogens with zero attached hydrogens (tertiary/aromatic N) is 1. The average molecular weight is 580 g/mol. The van der Waals surface area contributed by atoms with Crippen LogP contribution in [0, 0.1) is 0 Å². The van der Waals surface area contributed by atoms with Crippen molar-refractivity contribution in [3.63, 3.8) is 0 Å². The predicted molar refractivity (Wildman–Crippen MR) is 141 cm³/mol. The summed E-state index contributed by atoms with van der Waals surface area (Å²) in [6, 6.07) is 11.5. The molecule has 4 amide bonds. The number of hydroxylamine groups is 1. The van der Waals surface area contributed by atoms with Gasteiger partial charge in [-0.05, 0) is 61.4 Å². The fourth-order valence-electron chi connectivity index (χ4n) is 3.39. The monoisotopic (exact) mass is 579 g/mol. The number of aromatic nitrogens is 1. The van der Waals surface area contributed by atoms with Gasteiger partial charge in [-0.25, -0.2) is 10.3 Å². The van der Waals surface area contributed by atoms with Crippen molar-refractivity contribution in [3.05, 3.63) is 77.1 Å². The number of hydrogen-bond donors (Lipinski definition) is 5. The van der Waals surface area contributed by atoms with Crippen LogP contribution < -0.4 is 26.2 Å². The predicted octanol–water partition coefficient (Wildman–Crippen LogP) is 5.99. The van der Waals surface area contributed by atoms with Crippen LogP contribution in [0.4, 0.5) is 29.3 Å². The SMILES string of the molecule is O=C(CCCCCNC(=O)c1cc(Oc2ccc(NC(=O)Nc3ccc(Cl)c(C(F)(F)F)c3)cc2)ccn1)NO. The lowest BCUT2D eigenvalue weighted by Gasteiger charge is -2.12. The highest BCUT2D eigenvalue weighted by molar-refractivity contribution is 6.31. The van der Waals surface area contributed by atoms with Gasteiger partial charge in [0.15, 0.2) is 0 Å². The minimum atomic E-state index is -4.66. The number of nitrogens with one attached hydrogen (secondary N) is 4. The molecule has 0 fully saturated rings. The van der Waals surface area contributed by atoms with Crippen molar-refractivity contribution in [1.82, 2.24) is 15.8 Å². The highest BCUT2D eigenvalue weighted by atomic mass is 35.5. The third-order valence-electron chi connectivity index (χ3n) is 5.33. The molecule has 5 N–H and O–H groups in total. The number of urea groups is 1. The van der Waals surface area contributed by atoms with Gasteiger partial charge in [0.1, 0.15) is 17.2 Å². The number of ether oxygens (including phenoxy) is 1. The van der Waals surface area contributed by atoms with Crippen molar-refractivity contribution in [1.29, 1.82) is 0 Å². The van der Waals surface area contributed by atoms with Crippen LogP contribution >= 0.6 is 11.6 Å². The number of benzene rings is 2. The fourth-order valence-corrected chi connectivity index (χ4v) is 3.62. The molecular formula is C26H25ClF3N5O5. The van der Waals surface area contributed by atoms with Crippen LogP contribution in [0.15, 0.2) is 60.8 Å². The number of carbonyl (C=O) groups excluding carboxylic acids is 3. The molecule has 0 aliphatic rings. The Kier molecular flexibility index (Phi) is 10.7. The number of halogens is 4. The van der Waals surface area contributed by atoms with Gasteiger partial charge >= 0.3 is 12.2 Å². The number of carbonyl (C=O) groups is 3. The summed E-state index contributed by atoms with van der Waals surface area (Å²) in [5.41, 5.74) is 0.906. The molecule has 1 heterocycles. The normalized spacial score (nSPS) is 10.9. The first-order chi connectivity index (χ1) is 19.0. The molecule has 0 saturated heterocycles. The zero-order valence-corrected chi connectivity index (χ0v) is 21.6. The number of pyridine rings is 1. The van der Waals surface area contributed by atoms with Crippen LogP contribution in [0.1, 0.15) is 41.7 Å². The first-order valence-corrected chi connectivity index (χ1v) is 12.3. The van der Waals surface area contributed by atoms with Crippen molar-refractivity contribution in [3.8, 4) is 11.5 Å². The van der Waals surface area contributed by atoms with E-state index in [1.807, 2.05) is 0 Å². The summed E-state index contributed by atoms with van der Waals surface area (Å²) in [6.45, 7) is 0.385. The van der Waals surface area contributed by atoms with Crippen LogP contribution in [-0.4, -0.2) is 34.6 Å². The molecule has 0 saturated carbocycles. The second-order valence-electron chi connectivity index (χ2n) is 8.38. The summed E-state index contributed by atoms with van der Waals surface area (Å²) in [7, 11) is 0. The smallest absolute Gasteiger partial charge is 0.417 e. The lowest BCUT2D eigenvalue weighted by atomic mass is 10.2. The number of unbranched alkanes of at least 4 members (excludes halogenated alkanes) is 2. The molecule has 0 atom stereocenters. The lowest BCUT2D eigenvalue weighted by Crippen LogP contribution is -2.25. The number of hydrogen-bond acceptors (Lipinski definition) is 6. The average Bonchev–Trinajstić information content (AvgIpc) is 2.92. The Morgan fingerprint density at radius 2 is 1.60 bits per heavy atom. The molecule has 0 aliphatic heterocycles. The third-order valence-corrected chi connectivity index (χ3v) is 5.66. The van der Waals surface area contributed by atoms with Gasteiger partial charge in [0.25, 0.3) is 5.91 Å². The Morgan fingerprint density at radius 1 is 0.900 bits per heavy atom. The molecule has 2 aromatic carbocycles. The lowest BCUT2D eigenvalue weighted by molar-refractivity contribution is -0.137. The standard InChI is InChI=1S/C26H25ClF3N5O5/c27-21-10-7-17(14-20(21)26(28,29)30)34-25(38)33-16-5-8-18(9-6-16)40-19-11-13-31-22(15-19)24(37)32-12-3-1-2-4-23(36)35-39/h5-11,13-15,39H,1-4,12H2,(H,32,37)(H,35,36)(H2,33,34,38). The van der Waals surface area contributed by atoms with Gasteiger partial charge in [0, 0.05) is 36.6 Å². The van der Waals surface area contributed by atoms with Crippen LogP contribution in [-0.2, 0) is 11.0 Å². The van der Waals surface area contributed by atoms with Crippen molar-refractivity contribution >= 4 is 40.8 Å². The van der Waals surface area contributed by atoms with Gasteiger partial charge in [-0.2, -0.15) is 13.2 Å². The van der Waals surface area contributed by atoms with Crippen LogP contribution in [0.3, 0.4) is 0 Å². The van der Waals surface area contributed by atoms with E-state index < -0.39 is 34.6 Å². The largest absolute Gasteiger partial charge is 0.457 e. The number of anilines is 2. The van der Waals surface area contributed by atoms with E-state index in [1.165, 1.54) is 30.5 Å². The minimum absolute atomic E-state index is 0.0844. The second kappa shape index (κ2) is 14.1. The van der Waals surface area contributed by atoms with E-state index in [9.17, 15) is 27.6 Å². The minimum Gasteiger partial charge on any atom is -0.457 e. The molecule has 10 nitrogen and oxygen atoms in total. The van der Waals surface area contributed by atoms with Gasteiger partial charge < -0.3 is 20.7 Å². The summed E-state index contributed by atoms with van der Waals surface area (Å²) < 4.78 is 44.8. The van der Waals surface area contributed by atoms with Gasteiger partial charge in [0.05, 0.1) is 10.6 Å². The zero-order valence-electron chi connectivity index (χ0n) is 20.8. The summed E-state index contributed by atoms with van der Waals surface area (Å²) in [4.78, 5) is 39.6. The Hall–Kier alpha value is -4.36. The molecule has 1 aromatic heterocycles. The van der Waals surface area contributed by atoms with Crippen LogP contribution in [0.5, 0.6) is 11.5 Å². The quantitative estimate of drug-likeness (QED) is 0.107. The Balaban J connectivity index is 1.49. The Morgan fingerprint density at radius 3 is 2.30 bits per heavy atom. The Labute approximate surface area is 231 Å². The maximum Gasteiger partial charge on any atom is 0.417 e. The molecule has 3 rings (SSSR count). The summed E-state index contributed by atoms with van der Waals surface area (Å²) in [5, 5.41) is 15.5. The van der Waals surface area contributed by atoms with Crippen molar-refractivity contribution in [2.45, 2.75) is 31.9 Å². The van der Waals surface area contributed by atoms with Gasteiger partial charge in [-0.1, -0.05) is 18.0 Å². The van der Waals surface area contributed by atoms with E-state index in [2.05, 4.69) is 20.9 Å². The summed E-state index contributed by atoms with van der Waals surface area (Å²) >= 11 is 5.59. The molecule has 0 unspecified atom stereocenters.